The van der Waals surface area contributed by atoms with Crippen molar-refractivity contribution in [2.24, 2.45) is 0 Å². The topological polar surface area (TPSA) is 114 Å². The van der Waals surface area contributed by atoms with E-state index >= 15 is 0 Å². The first kappa shape index (κ1) is 24.4. The molecule has 0 aliphatic carbocycles. The van der Waals surface area contributed by atoms with Crippen molar-refractivity contribution in [3.63, 3.8) is 0 Å². The van der Waals surface area contributed by atoms with Crippen molar-refractivity contribution in [3.05, 3.63) is 65.2 Å². The summed E-state index contributed by atoms with van der Waals surface area (Å²) in [7, 11) is 0. The molecule has 2 N–H and O–H groups in total. The summed E-state index contributed by atoms with van der Waals surface area (Å²) in [6.07, 6.45) is -0.118. The zero-order valence-corrected chi connectivity index (χ0v) is 20.1. The Bertz CT molecular complexity index is 1110. The molecule has 2 aromatic rings. The maximum Gasteiger partial charge on any atom is 0.410 e. The smallest absolute Gasteiger partial charge is 0.410 e. The fraction of sp³-hybridized carbons (Fsp3) is 0.423. The number of rotatable bonds is 4. The summed E-state index contributed by atoms with van der Waals surface area (Å²) in [4.78, 5) is 38.4. The van der Waals surface area contributed by atoms with E-state index in [9.17, 15) is 19.5 Å². The fourth-order valence-electron chi connectivity index (χ4n) is 4.41. The van der Waals surface area contributed by atoms with Crippen LogP contribution in [0.4, 0.5) is 9.59 Å². The number of fused-ring (bicyclic) bond motifs is 1. The number of carbonyl (C=O) groups is 3. The first-order valence-corrected chi connectivity index (χ1v) is 11.5. The number of carboxylic acids is 1. The summed E-state index contributed by atoms with van der Waals surface area (Å²) in [5, 5.41) is 12.3. The van der Waals surface area contributed by atoms with Crippen LogP contribution in [0.3, 0.4) is 0 Å². The molecule has 2 aromatic carbocycles. The Kier molecular flexibility index (Phi) is 6.60. The van der Waals surface area contributed by atoms with Gasteiger partial charge in [0, 0.05) is 24.9 Å². The number of hydrogen-bond acceptors (Lipinski definition) is 6. The van der Waals surface area contributed by atoms with Gasteiger partial charge in [0.1, 0.15) is 23.6 Å². The second kappa shape index (κ2) is 9.48. The highest BCUT2D eigenvalue weighted by molar-refractivity contribution is 5.88. The largest absolute Gasteiger partial charge is 0.485 e. The molecule has 2 atom stereocenters. The second-order valence-corrected chi connectivity index (χ2v) is 9.96. The average molecular weight is 483 g/mol. The van der Waals surface area contributed by atoms with Crippen molar-refractivity contribution in [1.29, 1.82) is 0 Å². The Morgan fingerprint density at radius 1 is 1.17 bits per heavy atom. The lowest BCUT2D eigenvalue weighted by Crippen LogP contribution is -2.48. The summed E-state index contributed by atoms with van der Waals surface area (Å²) in [6, 6.07) is 13.4. The lowest BCUT2D eigenvalue weighted by Gasteiger charge is -2.40. The Labute approximate surface area is 204 Å². The Morgan fingerprint density at radius 2 is 1.91 bits per heavy atom. The molecule has 2 heterocycles. The maximum absolute atomic E-state index is 12.6. The van der Waals surface area contributed by atoms with Crippen LogP contribution in [0, 0.1) is 0 Å². The van der Waals surface area contributed by atoms with E-state index in [0.717, 1.165) is 5.56 Å². The number of nitrogens with zero attached hydrogens (tertiary/aromatic N) is 1. The van der Waals surface area contributed by atoms with Gasteiger partial charge in [0.25, 0.3) is 0 Å². The summed E-state index contributed by atoms with van der Waals surface area (Å²) >= 11 is 0. The number of hydrogen-bond donors (Lipinski definition) is 2. The van der Waals surface area contributed by atoms with E-state index in [4.69, 9.17) is 14.2 Å². The van der Waals surface area contributed by atoms with E-state index in [1.807, 2.05) is 30.3 Å². The predicted molar refractivity (Wildman–Crippen MR) is 126 cm³/mol. The van der Waals surface area contributed by atoms with Crippen molar-refractivity contribution in [2.45, 2.75) is 57.5 Å². The van der Waals surface area contributed by atoms with Gasteiger partial charge in [-0.3, -0.25) is 0 Å². The van der Waals surface area contributed by atoms with Crippen LogP contribution in [0.2, 0.25) is 0 Å². The van der Waals surface area contributed by atoms with Crippen molar-refractivity contribution < 1.29 is 33.7 Å². The standard InChI is InChI=1S/C26H30N2O7/c1-25(2,3)35-24(32)28-12-11-26(16-28)14-20(19-10-9-18(22(29)30)13-21(19)34-26)27-23(31)33-15-17-7-5-4-6-8-17/h4-10,13,20H,11-12,14-16H2,1-3H3,(H,27,31)(H,29,30). The number of likely N-dealkylation sites (tertiary alicyclic amines) is 1. The van der Waals surface area contributed by atoms with Gasteiger partial charge >= 0.3 is 18.2 Å². The van der Waals surface area contributed by atoms with Gasteiger partial charge < -0.3 is 29.5 Å². The van der Waals surface area contributed by atoms with Gasteiger partial charge in [-0.1, -0.05) is 36.4 Å². The van der Waals surface area contributed by atoms with Gasteiger partial charge in [-0.2, -0.15) is 0 Å². The van der Waals surface area contributed by atoms with Gasteiger partial charge in [0.2, 0.25) is 0 Å². The number of amides is 2. The molecular weight excluding hydrogens is 452 g/mol. The Balaban J connectivity index is 1.53. The molecule has 9 heteroatoms. The lowest BCUT2D eigenvalue weighted by molar-refractivity contribution is 0.0123. The zero-order valence-electron chi connectivity index (χ0n) is 20.1. The molecule has 35 heavy (non-hydrogen) atoms. The number of carbonyl (C=O) groups excluding carboxylic acids is 2. The zero-order chi connectivity index (χ0) is 25.2. The maximum atomic E-state index is 12.6. The Morgan fingerprint density at radius 3 is 2.60 bits per heavy atom. The van der Waals surface area contributed by atoms with Crippen LogP contribution in [0.25, 0.3) is 0 Å². The van der Waals surface area contributed by atoms with Crippen LogP contribution in [0.1, 0.15) is 61.1 Å². The summed E-state index contributed by atoms with van der Waals surface area (Å²) in [5.74, 6) is -0.708. The van der Waals surface area contributed by atoms with E-state index in [-0.39, 0.29) is 18.7 Å². The molecule has 2 amide bonds. The normalized spacial score (nSPS) is 21.1. The predicted octanol–water partition coefficient (Wildman–Crippen LogP) is 4.51. The number of aromatic carboxylic acids is 1. The van der Waals surface area contributed by atoms with Crippen LogP contribution >= 0.6 is 0 Å². The number of nitrogens with one attached hydrogen (secondary N) is 1. The number of carboxylic acid groups (broad SMARTS) is 1. The van der Waals surface area contributed by atoms with E-state index in [1.165, 1.54) is 12.1 Å². The van der Waals surface area contributed by atoms with E-state index in [0.29, 0.717) is 30.7 Å². The average Bonchev–Trinajstić information content (AvgIpc) is 3.20. The van der Waals surface area contributed by atoms with Gasteiger partial charge in [-0.15, -0.1) is 0 Å². The summed E-state index contributed by atoms with van der Waals surface area (Å²) in [6.45, 7) is 6.22. The van der Waals surface area contributed by atoms with Crippen LogP contribution in [-0.2, 0) is 16.1 Å². The molecular formula is C26H30N2O7. The molecule has 2 unspecified atom stereocenters. The quantitative estimate of drug-likeness (QED) is 0.659. The molecule has 0 bridgehead atoms. The highest BCUT2D eigenvalue weighted by Crippen LogP contribution is 2.44. The van der Waals surface area contributed by atoms with Crippen molar-refractivity contribution >= 4 is 18.2 Å². The monoisotopic (exact) mass is 482 g/mol. The molecule has 2 aliphatic heterocycles. The first-order valence-electron chi connectivity index (χ1n) is 11.5. The molecule has 1 fully saturated rings. The van der Waals surface area contributed by atoms with Crippen LogP contribution < -0.4 is 10.1 Å². The molecule has 0 saturated carbocycles. The fourth-order valence-corrected chi connectivity index (χ4v) is 4.41. The summed E-state index contributed by atoms with van der Waals surface area (Å²) in [5.41, 5.74) is 0.177. The molecule has 186 valence electrons. The third kappa shape index (κ3) is 5.85. The molecule has 4 rings (SSSR count). The minimum atomic E-state index is -1.08. The lowest BCUT2D eigenvalue weighted by atomic mass is 9.86. The number of alkyl carbamates (subject to hydrolysis) is 1. The molecule has 2 aliphatic rings. The highest BCUT2D eigenvalue weighted by atomic mass is 16.6. The molecule has 1 spiro atoms. The van der Waals surface area contributed by atoms with Gasteiger partial charge in [0.15, 0.2) is 0 Å². The number of benzene rings is 2. The van der Waals surface area contributed by atoms with Crippen molar-refractivity contribution in [1.82, 2.24) is 10.2 Å². The van der Waals surface area contributed by atoms with E-state index in [2.05, 4.69) is 5.32 Å². The van der Waals surface area contributed by atoms with Crippen LogP contribution in [0.5, 0.6) is 5.75 Å². The van der Waals surface area contributed by atoms with Gasteiger partial charge in [-0.25, -0.2) is 14.4 Å². The van der Waals surface area contributed by atoms with Gasteiger partial charge in [0.05, 0.1) is 18.2 Å². The van der Waals surface area contributed by atoms with E-state index < -0.39 is 35.4 Å². The van der Waals surface area contributed by atoms with E-state index in [1.54, 1.807) is 31.7 Å². The third-order valence-corrected chi connectivity index (χ3v) is 6.01. The molecule has 0 radical (unpaired) electrons. The molecule has 0 aromatic heterocycles. The minimum Gasteiger partial charge on any atom is -0.485 e. The summed E-state index contributed by atoms with van der Waals surface area (Å²) < 4.78 is 17.2. The molecule has 9 nitrogen and oxygen atoms in total. The second-order valence-electron chi connectivity index (χ2n) is 9.96. The molecule has 1 saturated heterocycles. The van der Waals surface area contributed by atoms with Crippen molar-refractivity contribution in [3.8, 4) is 5.75 Å². The Hall–Kier alpha value is -3.75. The SMILES string of the molecule is CC(C)(C)OC(=O)N1CCC2(CC(NC(=O)OCc3ccccc3)c3ccc(C(=O)O)cc3O2)C1. The third-order valence-electron chi connectivity index (χ3n) is 6.01. The van der Waals surface area contributed by atoms with Crippen molar-refractivity contribution in [2.75, 3.05) is 13.1 Å². The first-order chi connectivity index (χ1) is 16.5. The highest BCUT2D eigenvalue weighted by Gasteiger charge is 2.48. The number of ether oxygens (including phenoxy) is 3. The van der Waals surface area contributed by atoms with Crippen LogP contribution in [0.15, 0.2) is 48.5 Å². The van der Waals surface area contributed by atoms with Crippen LogP contribution in [-0.4, -0.2) is 52.5 Å². The minimum absolute atomic E-state index is 0.0770. The van der Waals surface area contributed by atoms with Gasteiger partial charge in [-0.05, 0) is 38.5 Å².